The Morgan fingerprint density at radius 1 is 1.35 bits per heavy atom. The van der Waals surface area contributed by atoms with E-state index in [1.807, 2.05) is 24.3 Å². The van der Waals surface area contributed by atoms with Gasteiger partial charge in [0.05, 0.1) is 0 Å². The Morgan fingerprint density at radius 2 is 2.15 bits per heavy atom. The number of carbonyl (C=O) groups is 1. The van der Waals surface area contributed by atoms with Crippen LogP contribution in [-0.2, 0) is 6.42 Å². The number of nitrogens with one attached hydrogen (secondary N) is 1. The molecular formula is C17H21NO2. The lowest BCUT2D eigenvalue weighted by Crippen LogP contribution is -2.35. The van der Waals surface area contributed by atoms with Gasteiger partial charge in [-0.3, -0.25) is 4.79 Å². The zero-order valence-electron chi connectivity index (χ0n) is 11.9. The van der Waals surface area contributed by atoms with Crippen molar-refractivity contribution in [1.29, 1.82) is 0 Å². The maximum absolute atomic E-state index is 13.0. The summed E-state index contributed by atoms with van der Waals surface area (Å²) in [4.78, 5) is 16.4. The van der Waals surface area contributed by atoms with Gasteiger partial charge in [-0.1, -0.05) is 25.1 Å². The molecule has 3 heteroatoms. The highest BCUT2D eigenvalue weighted by atomic mass is 16.3. The summed E-state index contributed by atoms with van der Waals surface area (Å²) >= 11 is 0. The first-order chi connectivity index (χ1) is 9.72. The molecule has 3 nitrogen and oxygen atoms in total. The van der Waals surface area contributed by atoms with Crippen molar-refractivity contribution < 1.29 is 9.90 Å². The minimum atomic E-state index is -0.277. The van der Waals surface area contributed by atoms with Crippen LogP contribution in [0.5, 0.6) is 0 Å². The average molecular weight is 271 g/mol. The van der Waals surface area contributed by atoms with Crippen molar-refractivity contribution in [2.24, 2.45) is 5.41 Å². The fourth-order valence-electron chi connectivity index (χ4n) is 3.56. The molecule has 0 spiro atoms. The zero-order valence-corrected chi connectivity index (χ0v) is 11.9. The summed E-state index contributed by atoms with van der Waals surface area (Å²) in [5.41, 5.74) is 2.76. The molecule has 3 rings (SSSR count). The second kappa shape index (κ2) is 5.06. The number of Topliss-reactive ketones (excluding diaryl/α,β-unsaturated/α-hetero) is 1. The number of para-hydroxylation sites is 1. The highest BCUT2D eigenvalue weighted by Crippen LogP contribution is 2.43. The molecule has 0 amide bonds. The largest absolute Gasteiger partial charge is 0.396 e. The lowest BCUT2D eigenvalue weighted by molar-refractivity contribution is 0.0713. The van der Waals surface area contributed by atoms with E-state index in [1.54, 1.807) is 0 Å². The van der Waals surface area contributed by atoms with E-state index in [1.165, 1.54) is 0 Å². The number of aryl methyl sites for hydroxylation is 1. The minimum Gasteiger partial charge on any atom is -0.396 e. The molecule has 0 saturated carbocycles. The molecule has 2 N–H and O–H groups in total. The fraction of sp³-hybridized carbons (Fsp3) is 0.471. The van der Waals surface area contributed by atoms with E-state index in [-0.39, 0.29) is 17.8 Å². The number of hydrogen-bond acceptors (Lipinski definition) is 2. The second-order valence-electron chi connectivity index (χ2n) is 5.81. The van der Waals surface area contributed by atoms with Crippen LogP contribution in [0, 0.1) is 5.41 Å². The molecule has 1 atom stereocenters. The zero-order chi connectivity index (χ0) is 14.2. The van der Waals surface area contributed by atoms with Crippen LogP contribution in [0.4, 0.5) is 0 Å². The smallest absolute Gasteiger partial charge is 0.171 e. The normalized spacial score (nSPS) is 22.2. The molecule has 1 aliphatic carbocycles. The summed E-state index contributed by atoms with van der Waals surface area (Å²) in [5, 5.41) is 10.2. The van der Waals surface area contributed by atoms with Crippen molar-refractivity contribution in [3.63, 3.8) is 0 Å². The van der Waals surface area contributed by atoms with Crippen LogP contribution < -0.4 is 0 Å². The molecule has 1 aromatic heterocycles. The van der Waals surface area contributed by atoms with E-state index in [9.17, 15) is 4.79 Å². The van der Waals surface area contributed by atoms with E-state index < -0.39 is 0 Å². The van der Waals surface area contributed by atoms with Gasteiger partial charge in [0.15, 0.2) is 5.78 Å². The first-order valence-corrected chi connectivity index (χ1v) is 7.47. The maximum Gasteiger partial charge on any atom is 0.171 e. The molecule has 0 unspecified atom stereocenters. The molecule has 20 heavy (non-hydrogen) atoms. The van der Waals surface area contributed by atoms with Gasteiger partial charge in [-0.25, -0.2) is 0 Å². The van der Waals surface area contributed by atoms with E-state index in [4.69, 9.17) is 5.11 Å². The van der Waals surface area contributed by atoms with Crippen LogP contribution in [-0.4, -0.2) is 22.5 Å². The second-order valence-corrected chi connectivity index (χ2v) is 5.81. The van der Waals surface area contributed by atoms with E-state index >= 15 is 0 Å². The van der Waals surface area contributed by atoms with E-state index in [0.717, 1.165) is 47.8 Å². The van der Waals surface area contributed by atoms with Crippen LogP contribution >= 0.6 is 0 Å². The molecule has 1 aromatic carbocycles. The molecule has 1 heterocycles. The number of H-pyrrole nitrogens is 1. The van der Waals surface area contributed by atoms with Gasteiger partial charge in [-0.2, -0.15) is 0 Å². The number of carbonyl (C=O) groups excluding carboxylic acids is 1. The number of fused-ring (bicyclic) bond motifs is 3. The third kappa shape index (κ3) is 1.88. The number of hydrogen-bond donors (Lipinski definition) is 2. The summed E-state index contributed by atoms with van der Waals surface area (Å²) in [6.45, 7) is 2.25. The minimum absolute atomic E-state index is 0.162. The third-order valence-electron chi connectivity index (χ3n) is 4.84. The first kappa shape index (κ1) is 13.4. The summed E-state index contributed by atoms with van der Waals surface area (Å²) in [7, 11) is 0. The van der Waals surface area contributed by atoms with Crippen molar-refractivity contribution in [1.82, 2.24) is 4.98 Å². The van der Waals surface area contributed by atoms with E-state index in [2.05, 4.69) is 11.9 Å². The Balaban J connectivity index is 2.09. The number of aromatic amines is 1. The van der Waals surface area contributed by atoms with Gasteiger partial charge < -0.3 is 10.1 Å². The highest BCUT2D eigenvalue weighted by Gasteiger charge is 2.41. The Labute approximate surface area is 119 Å². The lowest BCUT2D eigenvalue weighted by atomic mass is 9.67. The summed E-state index contributed by atoms with van der Waals surface area (Å²) in [6.07, 6.45) is 4.16. The van der Waals surface area contributed by atoms with Crippen molar-refractivity contribution >= 4 is 16.7 Å². The van der Waals surface area contributed by atoms with Crippen molar-refractivity contribution in [3.05, 3.63) is 35.5 Å². The van der Waals surface area contributed by atoms with Crippen LogP contribution in [0.1, 0.15) is 48.7 Å². The number of aromatic nitrogens is 1. The van der Waals surface area contributed by atoms with Crippen molar-refractivity contribution in [2.45, 2.75) is 39.0 Å². The standard InChI is InChI=1S/C17H21NO2/c1-2-17(9-5-11-19)10-8-14-15(16(17)20)12-6-3-4-7-13(12)18-14/h3-4,6-7,18-19H,2,5,8-11H2,1H3/t17-/m1/s1. The molecule has 0 radical (unpaired) electrons. The SMILES string of the molecule is CC[C@@]1(CCCO)CCc2[nH]c3ccccc3c2C1=O. The predicted octanol–water partition coefficient (Wildman–Crippen LogP) is 3.47. The van der Waals surface area contributed by atoms with Crippen LogP contribution in [0.25, 0.3) is 10.9 Å². The van der Waals surface area contributed by atoms with Crippen LogP contribution in [0.2, 0.25) is 0 Å². The highest BCUT2D eigenvalue weighted by molar-refractivity contribution is 6.12. The molecule has 0 saturated heterocycles. The number of rotatable bonds is 4. The maximum atomic E-state index is 13.0. The fourth-order valence-corrected chi connectivity index (χ4v) is 3.56. The molecule has 0 aliphatic heterocycles. The summed E-state index contributed by atoms with van der Waals surface area (Å²) in [6, 6.07) is 8.04. The first-order valence-electron chi connectivity index (χ1n) is 7.47. The molecule has 0 bridgehead atoms. The number of benzene rings is 1. The molecule has 0 fully saturated rings. The van der Waals surface area contributed by atoms with Crippen molar-refractivity contribution in [3.8, 4) is 0 Å². The Kier molecular flexibility index (Phi) is 3.38. The number of aliphatic hydroxyl groups excluding tert-OH is 1. The van der Waals surface area contributed by atoms with Crippen LogP contribution in [0.15, 0.2) is 24.3 Å². The van der Waals surface area contributed by atoms with Gasteiger partial charge in [0.2, 0.25) is 0 Å². The van der Waals surface area contributed by atoms with Gasteiger partial charge in [0, 0.05) is 34.2 Å². The number of ketones is 1. The van der Waals surface area contributed by atoms with Crippen molar-refractivity contribution in [2.75, 3.05) is 6.61 Å². The van der Waals surface area contributed by atoms with Gasteiger partial charge in [-0.05, 0) is 38.2 Å². The van der Waals surface area contributed by atoms with Gasteiger partial charge in [-0.15, -0.1) is 0 Å². The molecule has 1 aliphatic rings. The average Bonchev–Trinajstić information content (AvgIpc) is 2.86. The van der Waals surface area contributed by atoms with Crippen LogP contribution in [0.3, 0.4) is 0 Å². The van der Waals surface area contributed by atoms with Gasteiger partial charge >= 0.3 is 0 Å². The molecule has 2 aromatic rings. The van der Waals surface area contributed by atoms with Gasteiger partial charge in [0.25, 0.3) is 0 Å². The Morgan fingerprint density at radius 3 is 2.90 bits per heavy atom. The summed E-state index contributed by atoms with van der Waals surface area (Å²) < 4.78 is 0. The number of aliphatic hydroxyl groups is 1. The third-order valence-corrected chi connectivity index (χ3v) is 4.84. The quantitative estimate of drug-likeness (QED) is 0.894. The Bertz CT molecular complexity index is 643. The summed E-state index contributed by atoms with van der Waals surface area (Å²) in [5.74, 6) is 0.271. The van der Waals surface area contributed by atoms with Gasteiger partial charge in [0.1, 0.15) is 0 Å². The molecule has 106 valence electrons. The topological polar surface area (TPSA) is 53.1 Å². The lowest BCUT2D eigenvalue weighted by Gasteiger charge is -2.35. The van der Waals surface area contributed by atoms with E-state index in [0.29, 0.717) is 6.42 Å². The Hall–Kier alpha value is -1.61. The molecular weight excluding hydrogens is 250 g/mol. The monoisotopic (exact) mass is 271 g/mol. The predicted molar refractivity (Wildman–Crippen MR) is 80.0 cm³/mol.